The fourth-order valence-electron chi connectivity index (χ4n) is 2.86. The predicted octanol–water partition coefficient (Wildman–Crippen LogP) is 4.01. The zero-order valence-corrected chi connectivity index (χ0v) is 17.7. The van der Waals surface area contributed by atoms with E-state index in [-0.39, 0.29) is 6.03 Å². The van der Waals surface area contributed by atoms with Crippen molar-refractivity contribution in [2.75, 3.05) is 43.5 Å². The fraction of sp³-hybridized carbons (Fsp3) is 0.474. The number of nitrogens with zero attached hydrogens (tertiary/aromatic N) is 3. The molecule has 1 aromatic carbocycles. The number of carbonyl (C=O) groups is 1. The van der Waals surface area contributed by atoms with Crippen LogP contribution in [0.4, 0.5) is 16.2 Å². The molecule has 2 heterocycles. The quantitative estimate of drug-likeness (QED) is 0.658. The van der Waals surface area contributed by atoms with Crippen molar-refractivity contribution >= 4 is 40.8 Å². The van der Waals surface area contributed by atoms with Crippen LogP contribution < -0.4 is 10.6 Å². The molecule has 9 heteroatoms. The Balaban J connectivity index is 1.54. The average Bonchev–Trinajstić information content (AvgIpc) is 3.10. The van der Waals surface area contributed by atoms with Crippen LogP contribution in [0.5, 0.6) is 0 Å². The highest BCUT2D eigenvalue weighted by Crippen LogP contribution is 2.32. The number of urea groups is 1. The number of benzene rings is 1. The molecule has 7 nitrogen and oxygen atoms in total. The lowest BCUT2D eigenvalue weighted by Gasteiger charge is -2.26. The van der Waals surface area contributed by atoms with Crippen molar-refractivity contribution in [3.8, 4) is 0 Å². The molecule has 0 atom stereocenters. The third kappa shape index (κ3) is 6.41. The molecule has 2 aromatic rings. The molecule has 152 valence electrons. The number of morpholine rings is 1. The van der Waals surface area contributed by atoms with E-state index in [0.29, 0.717) is 21.6 Å². The molecule has 1 fully saturated rings. The zero-order valence-electron chi connectivity index (χ0n) is 16.2. The van der Waals surface area contributed by atoms with Crippen LogP contribution in [0.2, 0.25) is 5.02 Å². The normalized spacial score (nSPS) is 15.0. The lowest BCUT2D eigenvalue weighted by atomic mass is 10.3. The molecule has 0 aliphatic carbocycles. The van der Waals surface area contributed by atoms with Crippen LogP contribution in [-0.4, -0.2) is 58.8 Å². The van der Waals surface area contributed by atoms with Crippen LogP contribution >= 0.6 is 23.4 Å². The van der Waals surface area contributed by atoms with Crippen LogP contribution in [0.15, 0.2) is 35.5 Å². The van der Waals surface area contributed by atoms with Crippen molar-refractivity contribution in [3.05, 3.63) is 35.6 Å². The molecule has 0 saturated carbocycles. The van der Waals surface area contributed by atoms with E-state index in [1.807, 2.05) is 23.0 Å². The monoisotopic (exact) mass is 423 g/mol. The van der Waals surface area contributed by atoms with Gasteiger partial charge in [0.25, 0.3) is 0 Å². The van der Waals surface area contributed by atoms with E-state index in [9.17, 15) is 4.79 Å². The molecule has 3 rings (SSSR count). The van der Waals surface area contributed by atoms with E-state index in [1.54, 1.807) is 24.0 Å². The minimum atomic E-state index is -0.319. The maximum atomic E-state index is 12.4. The summed E-state index contributed by atoms with van der Waals surface area (Å²) in [7, 11) is 0. The Bertz CT molecular complexity index is 792. The molecule has 1 aliphatic heterocycles. The van der Waals surface area contributed by atoms with Gasteiger partial charge in [0.15, 0.2) is 0 Å². The molecule has 2 amide bonds. The molecule has 2 N–H and O–H groups in total. The van der Waals surface area contributed by atoms with E-state index in [0.717, 1.165) is 44.3 Å². The second-order valence-corrected chi connectivity index (χ2v) is 8.89. The maximum absolute atomic E-state index is 12.4. The van der Waals surface area contributed by atoms with Gasteiger partial charge < -0.3 is 15.4 Å². The number of thioether (sulfide) groups is 1. The SMILES string of the molecule is CC(C)Sc1ccc(Cl)cc1NC(=O)Nc1cnn(CCN2CCOCC2)c1. The first-order valence-electron chi connectivity index (χ1n) is 9.36. The Morgan fingerprint density at radius 2 is 2.07 bits per heavy atom. The first kappa shape index (κ1) is 21.0. The largest absolute Gasteiger partial charge is 0.379 e. The van der Waals surface area contributed by atoms with Crippen LogP contribution in [0, 0.1) is 0 Å². The van der Waals surface area contributed by atoms with Gasteiger partial charge in [0.2, 0.25) is 0 Å². The van der Waals surface area contributed by atoms with Gasteiger partial charge in [-0.05, 0) is 18.2 Å². The Kier molecular flexibility index (Phi) is 7.61. The molecule has 0 radical (unpaired) electrons. The standard InChI is InChI=1S/C19H26ClN5O2S/c1-14(2)28-18-4-3-15(20)11-17(18)23-19(26)22-16-12-21-25(13-16)6-5-24-7-9-27-10-8-24/h3-4,11-14H,5-10H2,1-2H3,(H2,22,23,26). The van der Waals surface area contributed by atoms with Crippen molar-refractivity contribution in [1.29, 1.82) is 0 Å². The van der Waals surface area contributed by atoms with Gasteiger partial charge in [-0.15, -0.1) is 11.8 Å². The van der Waals surface area contributed by atoms with E-state index in [1.165, 1.54) is 0 Å². The molecule has 0 unspecified atom stereocenters. The van der Waals surface area contributed by atoms with Crippen LogP contribution in [0.3, 0.4) is 0 Å². The van der Waals surface area contributed by atoms with Gasteiger partial charge in [-0.1, -0.05) is 25.4 Å². The fourth-order valence-corrected chi connectivity index (χ4v) is 3.92. The molecule has 1 saturated heterocycles. The second kappa shape index (κ2) is 10.2. The van der Waals surface area contributed by atoms with Crippen molar-refractivity contribution in [2.24, 2.45) is 0 Å². The summed E-state index contributed by atoms with van der Waals surface area (Å²) < 4.78 is 7.19. The number of anilines is 2. The number of ether oxygens (including phenoxy) is 1. The highest BCUT2D eigenvalue weighted by atomic mass is 35.5. The first-order valence-corrected chi connectivity index (χ1v) is 10.6. The molecule has 1 aromatic heterocycles. The third-order valence-electron chi connectivity index (χ3n) is 4.19. The smallest absolute Gasteiger partial charge is 0.323 e. The van der Waals surface area contributed by atoms with Gasteiger partial charge in [-0.25, -0.2) is 4.79 Å². The average molecular weight is 424 g/mol. The van der Waals surface area contributed by atoms with Gasteiger partial charge in [-0.3, -0.25) is 9.58 Å². The van der Waals surface area contributed by atoms with Gasteiger partial charge in [0.05, 0.1) is 37.3 Å². The first-order chi connectivity index (χ1) is 13.5. The Morgan fingerprint density at radius 3 is 2.82 bits per heavy atom. The van der Waals surface area contributed by atoms with E-state index >= 15 is 0 Å². The summed E-state index contributed by atoms with van der Waals surface area (Å²) in [5, 5.41) is 11.0. The molecular formula is C19H26ClN5O2S. The van der Waals surface area contributed by atoms with Crippen molar-refractivity contribution in [3.63, 3.8) is 0 Å². The summed E-state index contributed by atoms with van der Waals surface area (Å²) in [6.45, 7) is 9.36. The zero-order chi connectivity index (χ0) is 19.9. The van der Waals surface area contributed by atoms with Crippen molar-refractivity contribution < 1.29 is 9.53 Å². The summed E-state index contributed by atoms with van der Waals surface area (Å²) in [5.41, 5.74) is 1.35. The summed E-state index contributed by atoms with van der Waals surface area (Å²) >= 11 is 7.77. The Morgan fingerprint density at radius 1 is 1.29 bits per heavy atom. The molecule has 0 bridgehead atoms. The Labute approximate surface area is 174 Å². The number of hydrogen-bond acceptors (Lipinski definition) is 5. The minimum Gasteiger partial charge on any atom is -0.379 e. The van der Waals surface area contributed by atoms with Crippen LogP contribution in [0.1, 0.15) is 13.8 Å². The molecular weight excluding hydrogens is 398 g/mol. The van der Waals surface area contributed by atoms with Crippen molar-refractivity contribution in [1.82, 2.24) is 14.7 Å². The minimum absolute atomic E-state index is 0.319. The topological polar surface area (TPSA) is 71.4 Å². The van der Waals surface area contributed by atoms with Gasteiger partial charge in [0.1, 0.15) is 0 Å². The number of halogens is 1. The highest BCUT2D eigenvalue weighted by molar-refractivity contribution is 8.00. The van der Waals surface area contributed by atoms with Gasteiger partial charge in [-0.2, -0.15) is 5.10 Å². The van der Waals surface area contributed by atoms with Gasteiger partial charge >= 0.3 is 6.03 Å². The van der Waals surface area contributed by atoms with E-state index < -0.39 is 0 Å². The number of nitrogens with one attached hydrogen (secondary N) is 2. The lowest BCUT2D eigenvalue weighted by Crippen LogP contribution is -2.38. The third-order valence-corrected chi connectivity index (χ3v) is 5.51. The van der Waals surface area contributed by atoms with E-state index in [4.69, 9.17) is 16.3 Å². The number of carbonyl (C=O) groups excluding carboxylic acids is 1. The summed E-state index contributed by atoms with van der Waals surface area (Å²) in [6, 6.07) is 5.19. The summed E-state index contributed by atoms with van der Waals surface area (Å²) in [4.78, 5) is 15.7. The van der Waals surface area contributed by atoms with Crippen LogP contribution in [-0.2, 0) is 11.3 Å². The van der Waals surface area contributed by atoms with E-state index in [2.05, 4.69) is 34.5 Å². The maximum Gasteiger partial charge on any atom is 0.323 e. The number of rotatable bonds is 7. The number of aromatic nitrogens is 2. The van der Waals surface area contributed by atoms with Crippen LogP contribution in [0.25, 0.3) is 0 Å². The molecule has 1 aliphatic rings. The number of hydrogen-bond donors (Lipinski definition) is 2. The summed E-state index contributed by atoms with van der Waals surface area (Å²) in [6.07, 6.45) is 3.49. The predicted molar refractivity (Wildman–Crippen MR) is 115 cm³/mol. The lowest BCUT2D eigenvalue weighted by molar-refractivity contribution is 0.0360. The summed E-state index contributed by atoms with van der Waals surface area (Å²) in [5.74, 6) is 0. The highest BCUT2D eigenvalue weighted by Gasteiger charge is 2.12. The molecule has 28 heavy (non-hydrogen) atoms. The van der Waals surface area contributed by atoms with Crippen molar-refractivity contribution in [2.45, 2.75) is 30.5 Å². The van der Waals surface area contributed by atoms with Gasteiger partial charge in [0, 0.05) is 41.0 Å². The molecule has 0 spiro atoms. The number of amides is 2. The second-order valence-electron chi connectivity index (χ2n) is 6.83. The Hall–Kier alpha value is -1.74.